The molecule has 1 aromatic heterocycles. The van der Waals surface area contributed by atoms with E-state index in [1.165, 1.54) is 0 Å². The van der Waals surface area contributed by atoms with Crippen molar-refractivity contribution in [2.75, 3.05) is 0 Å². The Morgan fingerprint density at radius 3 is 2.39 bits per heavy atom. The summed E-state index contributed by atoms with van der Waals surface area (Å²) in [5.74, 6) is -0.000808. The standard InChI is InChI=1S/C18H14FN3O/c19-14-11-15(12-7-3-1-4-8-12)22-18(14)20-17(21-22)16(23)13-9-5-2-6-10-13/h1-10,14-15H,11H2. The van der Waals surface area contributed by atoms with Crippen molar-refractivity contribution in [1.29, 1.82) is 0 Å². The molecule has 5 heteroatoms. The molecule has 0 aliphatic carbocycles. The highest BCUT2D eigenvalue weighted by molar-refractivity contribution is 6.06. The van der Waals surface area contributed by atoms with Gasteiger partial charge in [0.25, 0.3) is 0 Å². The molecule has 114 valence electrons. The van der Waals surface area contributed by atoms with E-state index in [1.807, 2.05) is 36.4 Å². The molecule has 2 aromatic carbocycles. The molecule has 0 fully saturated rings. The van der Waals surface area contributed by atoms with E-state index in [2.05, 4.69) is 10.1 Å². The predicted octanol–water partition coefficient (Wildman–Crippen LogP) is 3.51. The van der Waals surface area contributed by atoms with Gasteiger partial charge in [0.1, 0.15) is 0 Å². The average Bonchev–Trinajstić information content (AvgIpc) is 3.17. The zero-order valence-electron chi connectivity index (χ0n) is 12.3. The van der Waals surface area contributed by atoms with Gasteiger partial charge < -0.3 is 0 Å². The molecule has 2 heterocycles. The molecule has 4 rings (SSSR count). The van der Waals surface area contributed by atoms with E-state index in [-0.39, 0.29) is 23.5 Å². The van der Waals surface area contributed by atoms with Gasteiger partial charge in [-0.15, -0.1) is 5.10 Å². The second-order valence-electron chi connectivity index (χ2n) is 5.56. The molecule has 0 saturated heterocycles. The van der Waals surface area contributed by atoms with Gasteiger partial charge in [0.05, 0.1) is 6.04 Å². The van der Waals surface area contributed by atoms with E-state index in [4.69, 9.17) is 0 Å². The van der Waals surface area contributed by atoms with Gasteiger partial charge in [-0.25, -0.2) is 14.1 Å². The van der Waals surface area contributed by atoms with Crippen LogP contribution in [-0.2, 0) is 0 Å². The van der Waals surface area contributed by atoms with Crippen molar-refractivity contribution in [2.24, 2.45) is 0 Å². The van der Waals surface area contributed by atoms with E-state index in [1.54, 1.807) is 28.9 Å². The summed E-state index contributed by atoms with van der Waals surface area (Å²) in [5, 5.41) is 4.29. The van der Waals surface area contributed by atoms with E-state index < -0.39 is 6.17 Å². The maximum absolute atomic E-state index is 14.3. The molecule has 1 aliphatic rings. The number of fused-ring (bicyclic) bond motifs is 1. The smallest absolute Gasteiger partial charge is 0.232 e. The van der Waals surface area contributed by atoms with Gasteiger partial charge in [0.2, 0.25) is 11.6 Å². The van der Waals surface area contributed by atoms with Crippen molar-refractivity contribution >= 4 is 5.78 Å². The van der Waals surface area contributed by atoms with Crippen LogP contribution in [0.5, 0.6) is 0 Å². The van der Waals surface area contributed by atoms with E-state index in [0.717, 1.165) is 5.56 Å². The molecule has 23 heavy (non-hydrogen) atoms. The second-order valence-corrected chi connectivity index (χ2v) is 5.56. The summed E-state index contributed by atoms with van der Waals surface area (Å²) in [6, 6.07) is 18.2. The van der Waals surface area contributed by atoms with Gasteiger partial charge in [-0.05, 0) is 5.56 Å². The largest absolute Gasteiger partial charge is 0.285 e. The molecular formula is C18H14FN3O. The van der Waals surface area contributed by atoms with Crippen LogP contribution in [0.25, 0.3) is 0 Å². The zero-order chi connectivity index (χ0) is 15.8. The molecule has 0 bridgehead atoms. The molecule has 0 amide bonds. The summed E-state index contributed by atoms with van der Waals surface area (Å²) in [5.41, 5.74) is 1.47. The van der Waals surface area contributed by atoms with Crippen molar-refractivity contribution in [1.82, 2.24) is 14.8 Å². The number of aromatic nitrogens is 3. The number of hydrogen-bond acceptors (Lipinski definition) is 3. The van der Waals surface area contributed by atoms with Crippen LogP contribution in [0.1, 0.15) is 46.2 Å². The van der Waals surface area contributed by atoms with Crippen LogP contribution in [0.4, 0.5) is 4.39 Å². The first-order valence-electron chi connectivity index (χ1n) is 7.49. The SMILES string of the molecule is O=C(c1ccccc1)c1nc2n(n1)C(c1ccccc1)CC2F. The lowest BCUT2D eigenvalue weighted by atomic mass is 10.0. The fourth-order valence-electron chi connectivity index (χ4n) is 2.95. The van der Waals surface area contributed by atoms with Gasteiger partial charge in [0.15, 0.2) is 12.0 Å². The third-order valence-electron chi connectivity index (χ3n) is 4.09. The number of alkyl halides is 1. The van der Waals surface area contributed by atoms with Crippen LogP contribution < -0.4 is 0 Å². The number of halogens is 1. The first kappa shape index (κ1) is 13.8. The summed E-state index contributed by atoms with van der Waals surface area (Å²) in [6.07, 6.45) is -0.899. The quantitative estimate of drug-likeness (QED) is 0.696. The van der Waals surface area contributed by atoms with Crippen LogP contribution in [0.2, 0.25) is 0 Å². The monoisotopic (exact) mass is 307 g/mol. The number of hydrogen-bond donors (Lipinski definition) is 0. The van der Waals surface area contributed by atoms with Gasteiger partial charge >= 0.3 is 0 Å². The molecule has 4 nitrogen and oxygen atoms in total. The molecule has 3 aromatic rings. The fourth-order valence-corrected chi connectivity index (χ4v) is 2.95. The zero-order valence-corrected chi connectivity index (χ0v) is 12.3. The number of rotatable bonds is 3. The summed E-state index contributed by atoms with van der Waals surface area (Å²) < 4.78 is 15.8. The van der Waals surface area contributed by atoms with Crippen molar-refractivity contribution in [2.45, 2.75) is 18.6 Å². The Morgan fingerprint density at radius 2 is 1.70 bits per heavy atom. The van der Waals surface area contributed by atoms with Crippen LogP contribution >= 0.6 is 0 Å². The highest BCUT2D eigenvalue weighted by Gasteiger charge is 2.36. The Hall–Kier alpha value is -2.82. The minimum atomic E-state index is -1.20. The fraction of sp³-hybridized carbons (Fsp3) is 0.167. The lowest BCUT2D eigenvalue weighted by Crippen LogP contribution is -2.10. The molecule has 0 saturated carbocycles. The van der Waals surface area contributed by atoms with Gasteiger partial charge in [-0.3, -0.25) is 4.79 Å². The molecular weight excluding hydrogens is 293 g/mol. The molecule has 0 N–H and O–H groups in total. The van der Waals surface area contributed by atoms with Gasteiger partial charge in [-0.1, -0.05) is 60.7 Å². The van der Waals surface area contributed by atoms with Gasteiger partial charge in [0, 0.05) is 12.0 Å². The highest BCUT2D eigenvalue weighted by Crippen LogP contribution is 2.39. The van der Waals surface area contributed by atoms with Crippen molar-refractivity contribution in [3.63, 3.8) is 0 Å². The third kappa shape index (κ3) is 2.34. The first-order chi connectivity index (χ1) is 11.2. The number of ketones is 1. The molecule has 1 aliphatic heterocycles. The normalized spacial score (nSPS) is 19.5. The Kier molecular flexibility index (Phi) is 3.26. The maximum Gasteiger partial charge on any atom is 0.232 e. The maximum atomic E-state index is 14.3. The molecule has 0 radical (unpaired) electrons. The average molecular weight is 307 g/mol. The summed E-state index contributed by atoms with van der Waals surface area (Å²) >= 11 is 0. The summed E-state index contributed by atoms with van der Waals surface area (Å²) in [6.45, 7) is 0. The predicted molar refractivity (Wildman–Crippen MR) is 82.9 cm³/mol. The number of carbonyl (C=O) groups excluding carboxylic acids is 1. The van der Waals surface area contributed by atoms with Gasteiger partial charge in [-0.2, -0.15) is 0 Å². The molecule has 0 spiro atoms. The minimum absolute atomic E-state index is 0.0504. The Balaban J connectivity index is 1.72. The number of benzene rings is 2. The van der Waals surface area contributed by atoms with E-state index in [9.17, 15) is 9.18 Å². The van der Waals surface area contributed by atoms with Crippen LogP contribution in [0.3, 0.4) is 0 Å². The number of nitrogens with zero attached hydrogens (tertiary/aromatic N) is 3. The Bertz CT molecular complexity index is 845. The topological polar surface area (TPSA) is 47.8 Å². The lowest BCUT2D eigenvalue weighted by Gasteiger charge is -2.11. The third-order valence-corrected chi connectivity index (χ3v) is 4.09. The molecule has 2 atom stereocenters. The van der Waals surface area contributed by atoms with Crippen molar-refractivity contribution in [3.05, 3.63) is 83.4 Å². The van der Waals surface area contributed by atoms with E-state index in [0.29, 0.717) is 12.0 Å². The number of carbonyl (C=O) groups is 1. The summed E-state index contributed by atoms with van der Waals surface area (Å²) in [7, 11) is 0. The Morgan fingerprint density at radius 1 is 1.04 bits per heavy atom. The van der Waals surface area contributed by atoms with Crippen LogP contribution in [0.15, 0.2) is 60.7 Å². The minimum Gasteiger partial charge on any atom is -0.285 e. The Labute approximate surface area is 132 Å². The van der Waals surface area contributed by atoms with Crippen molar-refractivity contribution in [3.8, 4) is 0 Å². The van der Waals surface area contributed by atoms with E-state index >= 15 is 0 Å². The van der Waals surface area contributed by atoms with Crippen molar-refractivity contribution < 1.29 is 9.18 Å². The summed E-state index contributed by atoms with van der Waals surface area (Å²) in [4.78, 5) is 16.6. The second kappa shape index (κ2) is 5.43. The highest BCUT2D eigenvalue weighted by atomic mass is 19.1. The van der Waals surface area contributed by atoms with Crippen LogP contribution in [-0.4, -0.2) is 20.5 Å². The lowest BCUT2D eigenvalue weighted by molar-refractivity contribution is 0.102. The van der Waals surface area contributed by atoms with Crippen LogP contribution in [0, 0.1) is 0 Å². The first-order valence-corrected chi connectivity index (χ1v) is 7.49. The molecule has 2 unspecified atom stereocenters.